The van der Waals surface area contributed by atoms with E-state index in [1.54, 1.807) is 4.90 Å². The Morgan fingerprint density at radius 3 is 2.89 bits per heavy atom. The van der Waals surface area contributed by atoms with Crippen molar-refractivity contribution >= 4 is 11.8 Å². The zero-order valence-electron chi connectivity index (χ0n) is 11.4. The van der Waals surface area contributed by atoms with Gasteiger partial charge in [0.1, 0.15) is 0 Å². The molecule has 0 aromatic rings. The van der Waals surface area contributed by atoms with E-state index in [1.165, 1.54) is 0 Å². The van der Waals surface area contributed by atoms with Crippen molar-refractivity contribution in [3.63, 3.8) is 0 Å². The van der Waals surface area contributed by atoms with E-state index in [9.17, 15) is 9.59 Å². The zero-order chi connectivity index (χ0) is 13.4. The Morgan fingerprint density at radius 1 is 1.44 bits per heavy atom. The van der Waals surface area contributed by atoms with Crippen LogP contribution in [0.15, 0.2) is 0 Å². The molecule has 1 fully saturated rings. The van der Waals surface area contributed by atoms with Crippen LogP contribution < -0.4 is 5.32 Å². The van der Waals surface area contributed by atoms with Crippen molar-refractivity contribution in [2.75, 3.05) is 32.8 Å². The summed E-state index contributed by atoms with van der Waals surface area (Å²) >= 11 is 0. The molecule has 0 aromatic carbocycles. The number of likely N-dealkylation sites (tertiary alicyclic amines) is 1. The smallest absolute Gasteiger partial charge is 0.311 e. The maximum Gasteiger partial charge on any atom is 0.311 e. The maximum atomic E-state index is 11.8. The van der Waals surface area contributed by atoms with Gasteiger partial charge in [0, 0.05) is 32.8 Å². The number of ether oxygens (including phenoxy) is 1. The molecule has 1 heterocycles. The van der Waals surface area contributed by atoms with Crippen molar-refractivity contribution in [3.05, 3.63) is 0 Å². The summed E-state index contributed by atoms with van der Waals surface area (Å²) in [5.74, 6) is -0.382. The lowest BCUT2D eigenvalue weighted by Crippen LogP contribution is -2.47. The normalized spacial score (nSPS) is 19.7. The van der Waals surface area contributed by atoms with Gasteiger partial charge in [-0.15, -0.1) is 0 Å². The summed E-state index contributed by atoms with van der Waals surface area (Å²) < 4.78 is 5.16. The van der Waals surface area contributed by atoms with Gasteiger partial charge in [0.05, 0.1) is 0 Å². The van der Waals surface area contributed by atoms with Crippen LogP contribution >= 0.6 is 0 Å². The first-order valence-corrected chi connectivity index (χ1v) is 6.80. The number of nitrogens with zero attached hydrogens (tertiary/aromatic N) is 1. The minimum atomic E-state index is -0.486. The molecule has 2 amide bonds. The number of nitrogens with one attached hydrogen (secondary N) is 1. The average Bonchev–Trinajstić information content (AvgIpc) is 2.37. The number of hydrogen-bond acceptors (Lipinski definition) is 3. The molecule has 0 spiro atoms. The van der Waals surface area contributed by atoms with Crippen molar-refractivity contribution in [3.8, 4) is 0 Å². The summed E-state index contributed by atoms with van der Waals surface area (Å²) in [6.07, 6.45) is 2.87. The second-order valence-electron chi connectivity index (χ2n) is 4.80. The van der Waals surface area contributed by atoms with Gasteiger partial charge in [0.25, 0.3) is 0 Å². The van der Waals surface area contributed by atoms with Crippen molar-refractivity contribution in [2.24, 2.45) is 5.92 Å². The molecule has 18 heavy (non-hydrogen) atoms. The molecule has 0 aromatic heterocycles. The molecule has 1 unspecified atom stereocenters. The minimum Gasteiger partial charge on any atom is -0.382 e. The van der Waals surface area contributed by atoms with Gasteiger partial charge < -0.3 is 15.0 Å². The maximum absolute atomic E-state index is 11.8. The van der Waals surface area contributed by atoms with Gasteiger partial charge in [-0.05, 0) is 32.1 Å². The highest BCUT2D eigenvalue weighted by atomic mass is 16.5. The Kier molecular flexibility index (Phi) is 6.72. The standard InChI is InChI=1S/C13H24N2O3/c1-3-18-9-5-7-14-12(16)13(17)15-8-4-6-11(2)10-15/h11H,3-10H2,1-2H3,(H,14,16). The van der Waals surface area contributed by atoms with Gasteiger partial charge in [-0.25, -0.2) is 0 Å². The summed E-state index contributed by atoms with van der Waals surface area (Å²) in [6, 6.07) is 0. The van der Waals surface area contributed by atoms with E-state index in [0.717, 1.165) is 19.3 Å². The molecule has 0 saturated carbocycles. The fourth-order valence-corrected chi connectivity index (χ4v) is 2.11. The molecule has 104 valence electrons. The fraction of sp³-hybridized carbons (Fsp3) is 0.846. The number of rotatable bonds is 5. The fourth-order valence-electron chi connectivity index (χ4n) is 2.11. The first-order chi connectivity index (χ1) is 8.65. The van der Waals surface area contributed by atoms with Gasteiger partial charge in [0.2, 0.25) is 0 Å². The quantitative estimate of drug-likeness (QED) is 0.584. The van der Waals surface area contributed by atoms with Crippen LogP contribution in [0.5, 0.6) is 0 Å². The van der Waals surface area contributed by atoms with E-state index in [0.29, 0.717) is 38.8 Å². The van der Waals surface area contributed by atoms with Crippen LogP contribution in [-0.4, -0.2) is 49.6 Å². The third-order valence-electron chi connectivity index (χ3n) is 3.09. The molecule has 1 rings (SSSR count). The second kappa shape index (κ2) is 8.08. The highest BCUT2D eigenvalue weighted by molar-refractivity contribution is 6.35. The molecular weight excluding hydrogens is 232 g/mol. The molecule has 1 atom stereocenters. The van der Waals surface area contributed by atoms with Crippen LogP contribution in [0.1, 0.15) is 33.1 Å². The molecule has 0 radical (unpaired) electrons. The Hall–Kier alpha value is -1.10. The Morgan fingerprint density at radius 2 is 2.22 bits per heavy atom. The summed E-state index contributed by atoms with van der Waals surface area (Å²) in [7, 11) is 0. The van der Waals surface area contributed by atoms with E-state index >= 15 is 0 Å². The van der Waals surface area contributed by atoms with Crippen molar-refractivity contribution < 1.29 is 14.3 Å². The van der Waals surface area contributed by atoms with E-state index < -0.39 is 11.8 Å². The molecule has 0 aliphatic carbocycles. The van der Waals surface area contributed by atoms with Crippen LogP contribution in [0.4, 0.5) is 0 Å². The predicted molar refractivity (Wildman–Crippen MR) is 69.1 cm³/mol. The van der Waals surface area contributed by atoms with E-state index in [1.807, 2.05) is 6.92 Å². The van der Waals surface area contributed by atoms with Gasteiger partial charge >= 0.3 is 11.8 Å². The Labute approximate surface area is 109 Å². The largest absolute Gasteiger partial charge is 0.382 e. The van der Waals surface area contributed by atoms with Crippen LogP contribution in [-0.2, 0) is 14.3 Å². The molecule has 5 nitrogen and oxygen atoms in total. The van der Waals surface area contributed by atoms with E-state index in [-0.39, 0.29) is 0 Å². The highest BCUT2D eigenvalue weighted by Crippen LogP contribution is 2.15. The lowest BCUT2D eigenvalue weighted by molar-refractivity contribution is -0.147. The SMILES string of the molecule is CCOCCCNC(=O)C(=O)N1CCCC(C)C1. The minimum absolute atomic E-state index is 0.391. The summed E-state index contributed by atoms with van der Waals surface area (Å²) in [5.41, 5.74) is 0. The molecule has 0 bridgehead atoms. The Bertz CT molecular complexity index is 281. The average molecular weight is 256 g/mol. The molecule has 1 aliphatic rings. The van der Waals surface area contributed by atoms with Crippen LogP contribution in [0.2, 0.25) is 0 Å². The molecular formula is C13H24N2O3. The molecule has 5 heteroatoms. The third-order valence-corrected chi connectivity index (χ3v) is 3.09. The predicted octanol–water partition coefficient (Wildman–Crippen LogP) is 0.788. The van der Waals surface area contributed by atoms with Crippen LogP contribution in [0.25, 0.3) is 0 Å². The van der Waals surface area contributed by atoms with Gasteiger partial charge in [-0.1, -0.05) is 6.92 Å². The lowest BCUT2D eigenvalue weighted by Gasteiger charge is -2.30. The Balaban J connectivity index is 2.21. The second-order valence-corrected chi connectivity index (χ2v) is 4.80. The summed E-state index contributed by atoms with van der Waals surface area (Å²) in [5, 5.41) is 2.64. The monoisotopic (exact) mass is 256 g/mol. The molecule has 1 N–H and O–H groups in total. The summed E-state index contributed by atoms with van der Waals surface area (Å²) in [6.45, 7) is 7.23. The first-order valence-electron chi connectivity index (χ1n) is 6.80. The van der Waals surface area contributed by atoms with E-state index in [4.69, 9.17) is 4.74 Å². The molecule has 1 saturated heterocycles. The van der Waals surface area contributed by atoms with Gasteiger partial charge in [-0.3, -0.25) is 9.59 Å². The van der Waals surface area contributed by atoms with Gasteiger partial charge in [-0.2, -0.15) is 0 Å². The zero-order valence-corrected chi connectivity index (χ0v) is 11.4. The van der Waals surface area contributed by atoms with Gasteiger partial charge in [0.15, 0.2) is 0 Å². The van der Waals surface area contributed by atoms with E-state index in [2.05, 4.69) is 12.2 Å². The van der Waals surface area contributed by atoms with Crippen molar-refractivity contribution in [1.29, 1.82) is 0 Å². The number of carbonyl (C=O) groups is 2. The van der Waals surface area contributed by atoms with Crippen LogP contribution in [0.3, 0.4) is 0 Å². The number of amides is 2. The third kappa shape index (κ3) is 5.04. The van der Waals surface area contributed by atoms with Crippen molar-refractivity contribution in [1.82, 2.24) is 10.2 Å². The highest BCUT2D eigenvalue weighted by Gasteiger charge is 2.25. The summed E-state index contributed by atoms with van der Waals surface area (Å²) in [4.78, 5) is 25.1. The van der Waals surface area contributed by atoms with Crippen LogP contribution in [0, 0.1) is 5.92 Å². The molecule has 1 aliphatic heterocycles. The van der Waals surface area contributed by atoms with Crippen molar-refractivity contribution in [2.45, 2.75) is 33.1 Å². The lowest BCUT2D eigenvalue weighted by atomic mass is 10.0. The number of carbonyl (C=O) groups excluding carboxylic acids is 2. The number of piperidine rings is 1. The first kappa shape index (κ1) is 15.0. The number of hydrogen-bond donors (Lipinski definition) is 1. The topological polar surface area (TPSA) is 58.6 Å².